The minimum Gasteiger partial charge on any atom is -0.256 e. The SMILES string of the molecule is c1ccc(-c2nc(-c3ccccc3)nc(-c3cc(-c4ccccn4)cc(-c4nc5ccccc5c5c4ccc4ccccc45)c3)n2)cc1. The number of pyridine rings is 2. The zero-order chi connectivity index (χ0) is 31.9. The highest BCUT2D eigenvalue weighted by molar-refractivity contribution is 6.22. The predicted octanol–water partition coefficient (Wildman–Crippen LogP) is 10.5. The molecule has 0 unspecified atom stereocenters. The standard InChI is InChI=1S/C43H27N5/c1-3-14-29(15-4-1)41-46-42(30-16-5-2-6-17-30)48-43(47-41)33-26-31(37-20-11-12-24-44-37)25-32(27-33)40-36-23-22-28-13-7-8-18-34(28)39(36)35-19-9-10-21-38(35)45-40/h1-27H. The summed E-state index contributed by atoms with van der Waals surface area (Å²) in [4.78, 5) is 25.1. The zero-order valence-electron chi connectivity index (χ0n) is 25.8. The van der Waals surface area contributed by atoms with E-state index in [2.05, 4.69) is 72.8 Å². The second-order valence-electron chi connectivity index (χ2n) is 11.7. The van der Waals surface area contributed by atoms with Crippen molar-refractivity contribution >= 4 is 32.4 Å². The third kappa shape index (κ3) is 4.95. The monoisotopic (exact) mass is 613 g/mol. The molecule has 0 bridgehead atoms. The number of rotatable bonds is 5. The Balaban J connectivity index is 1.34. The number of hydrogen-bond donors (Lipinski definition) is 0. The van der Waals surface area contributed by atoms with Crippen molar-refractivity contribution in [2.75, 3.05) is 0 Å². The first kappa shape index (κ1) is 27.7. The van der Waals surface area contributed by atoms with Gasteiger partial charge < -0.3 is 0 Å². The van der Waals surface area contributed by atoms with Crippen LogP contribution in [0, 0.1) is 0 Å². The summed E-state index contributed by atoms with van der Waals surface area (Å²) < 4.78 is 0. The van der Waals surface area contributed by atoms with E-state index in [1.54, 1.807) is 0 Å². The van der Waals surface area contributed by atoms with Gasteiger partial charge in [-0.15, -0.1) is 0 Å². The van der Waals surface area contributed by atoms with Crippen LogP contribution in [0.5, 0.6) is 0 Å². The van der Waals surface area contributed by atoms with Gasteiger partial charge in [0.25, 0.3) is 0 Å². The van der Waals surface area contributed by atoms with Gasteiger partial charge in [0, 0.05) is 50.2 Å². The Labute approximate surface area is 277 Å². The first-order valence-electron chi connectivity index (χ1n) is 15.9. The first-order chi connectivity index (χ1) is 23.8. The van der Waals surface area contributed by atoms with E-state index in [9.17, 15) is 0 Å². The molecule has 0 radical (unpaired) electrons. The molecule has 0 amide bonds. The molecular formula is C43H27N5. The smallest absolute Gasteiger partial charge is 0.164 e. The van der Waals surface area contributed by atoms with Crippen LogP contribution in [0.25, 0.3) is 89.1 Å². The van der Waals surface area contributed by atoms with E-state index in [-0.39, 0.29) is 0 Å². The largest absolute Gasteiger partial charge is 0.256 e. The number of fused-ring (bicyclic) bond motifs is 5. The Bertz CT molecular complexity index is 2530. The molecule has 5 nitrogen and oxygen atoms in total. The summed E-state index contributed by atoms with van der Waals surface area (Å²) >= 11 is 0. The van der Waals surface area contributed by atoms with Gasteiger partial charge in [0.15, 0.2) is 17.5 Å². The molecule has 0 N–H and O–H groups in total. The molecule has 5 heteroatoms. The molecule has 0 aliphatic carbocycles. The van der Waals surface area contributed by atoms with Crippen LogP contribution in [-0.4, -0.2) is 24.9 Å². The van der Waals surface area contributed by atoms with Crippen LogP contribution in [-0.2, 0) is 0 Å². The van der Waals surface area contributed by atoms with Crippen LogP contribution in [0.1, 0.15) is 0 Å². The fourth-order valence-corrected chi connectivity index (χ4v) is 6.45. The Hall–Kier alpha value is -6.59. The molecule has 0 fully saturated rings. The Kier molecular flexibility index (Phi) is 6.72. The minimum absolute atomic E-state index is 0.581. The van der Waals surface area contributed by atoms with Crippen LogP contribution in [0.3, 0.4) is 0 Å². The molecule has 3 heterocycles. The fourth-order valence-electron chi connectivity index (χ4n) is 6.45. The highest BCUT2D eigenvalue weighted by atomic mass is 15.0. The van der Waals surface area contributed by atoms with Gasteiger partial charge in [0.2, 0.25) is 0 Å². The Morgan fingerprint density at radius 2 is 0.938 bits per heavy atom. The quantitative estimate of drug-likeness (QED) is 0.181. The molecule has 0 aliphatic rings. The molecule has 48 heavy (non-hydrogen) atoms. The molecule has 9 aromatic rings. The summed E-state index contributed by atoms with van der Waals surface area (Å²) in [6.07, 6.45) is 1.82. The average Bonchev–Trinajstić information content (AvgIpc) is 3.18. The lowest BCUT2D eigenvalue weighted by Gasteiger charge is -2.15. The number of hydrogen-bond acceptors (Lipinski definition) is 5. The summed E-state index contributed by atoms with van der Waals surface area (Å²) in [7, 11) is 0. The number of para-hydroxylation sites is 1. The maximum Gasteiger partial charge on any atom is 0.164 e. The summed E-state index contributed by atoms with van der Waals surface area (Å²) in [6.45, 7) is 0. The van der Waals surface area contributed by atoms with Crippen molar-refractivity contribution in [3.8, 4) is 56.7 Å². The molecular weight excluding hydrogens is 587 g/mol. The topological polar surface area (TPSA) is 64.5 Å². The van der Waals surface area contributed by atoms with E-state index >= 15 is 0 Å². The molecule has 3 aromatic heterocycles. The highest BCUT2D eigenvalue weighted by Crippen LogP contribution is 2.39. The number of aromatic nitrogens is 5. The third-order valence-electron chi connectivity index (χ3n) is 8.71. The van der Waals surface area contributed by atoms with E-state index in [1.807, 2.05) is 91.1 Å². The van der Waals surface area contributed by atoms with Gasteiger partial charge in [-0.2, -0.15) is 0 Å². The normalized spacial score (nSPS) is 11.3. The Morgan fingerprint density at radius 1 is 0.354 bits per heavy atom. The summed E-state index contributed by atoms with van der Waals surface area (Å²) in [6, 6.07) is 53.8. The van der Waals surface area contributed by atoms with Crippen LogP contribution in [0.2, 0.25) is 0 Å². The van der Waals surface area contributed by atoms with Gasteiger partial charge in [0.1, 0.15) is 0 Å². The average molecular weight is 614 g/mol. The van der Waals surface area contributed by atoms with Gasteiger partial charge >= 0.3 is 0 Å². The molecule has 0 atom stereocenters. The molecule has 9 rings (SSSR count). The number of nitrogens with zero attached hydrogens (tertiary/aromatic N) is 5. The minimum atomic E-state index is 0.581. The van der Waals surface area contributed by atoms with E-state index < -0.39 is 0 Å². The predicted molar refractivity (Wildman–Crippen MR) is 195 cm³/mol. The van der Waals surface area contributed by atoms with Crippen molar-refractivity contribution in [3.63, 3.8) is 0 Å². The van der Waals surface area contributed by atoms with Gasteiger partial charge in [-0.05, 0) is 47.2 Å². The zero-order valence-corrected chi connectivity index (χ0v) is 25.8. The highest BCUT2D eigenvalue weighted by Gasteiger charge is 2.18. The van der Waals surface area contributed by atoms with Crippen LogP contribution >= 0.6 is 0 Å². The maximum atomic E-state index is 5.31. The van der Waals surface area contributed by atoms with Gasteiger partial charge in [-0.3, -0.25) is 4.98 Å². The van der Waals surface area contributed by atoms with E-state index in [0.29, 0.717) is 17.5 Å². The van der Waals surface area contributed by atoms with E-state index in [0.717, 1.165) is 55.5 Å². The fraction of sp³-hybridized carbons (Fsp3) is 0. The summed E-state index contributed by atoms with van der Waals surface area (Å²) in [5.41, 5.74) is 7.32. The molecule has 224 valence electrons. The lowest BCUT2D eigenvalue weighted by atomic mass is 9.93. The second-order valence-corrected chi connectivity index (χ2v) is 11.7. The number of benzene rings is 6. The van der Waals surface area contributed by atoms with Crippen molar-refractivity contribution in [3.05, 3.63) is 164 Å². The van der Waals surface area contributed by atoms with Gasteiger partial charge in [-0.1, -0.05) is 121 Å². The van der Waals surface area contributed by atoms with E-state index in [1.165, 1.54) is 16.2 Å². The molecule has 0 saturated heterocycles. The lowest BCUT2D eigenvalue weighted by Crippen LogP contribution is -2.01. The second kappa shape index (κ2) is 11.6. The summed E-state index contributed by atoms with van der Waals surface area (Å²) in [5, 5.41) is 5.81. The van der Waals surface area contributed by atoms with Crippen LogP contribution in [0.4, 0.5) is 0 Å². The van der Waals surface area contributed by atoms with Crippen molar-refractivity contribution in [2.45, 2.75) is 0 Å². The van der Waals surface area contributed by atoms with Crippen molar-refractivity contribution < 1.29 is 0 Å². The summed E-state index contributed by atoms with van der Waals surface area (Å²) in [5.74, 6) is 1.81. The lowest BCUT2D eigenvalue weighted by molar-refractivity contribution is 1.07. The molecule has 6 aromatic carbocycles. The molecule has 0 saturated carbocycles. The van der Waals surface area contributed by atoms with Gasteiger partial charge in [-0.25, -0.2) is 19.9 Å². The van der Waals surface area contributed by atoms with Crippen molar-refractivity contribution in [2.24, 2.45) is 0 Å². The van der Waals surface area contributed by atoms with Crippen LogP contribution < -0.4 is 0 Å². The molecule has 0 aliphatic heterocycles. The Morgan fingerprint density at radius 3 is 1.65 bits per heavy atom. The van der Waals surface area contributed by atoms with Gasteiger partial charge in [0.05, 0.1) is 16.9 Å². The van der Waals surface area contributed by atoms with Crippen molar-refractivity contribution in [1.29, 1.82) is 0 Å². The van der Waals surface area contributed by atoms with Crippen LogP contribution in [0.15, 0.2) is 164 Å². The molecule has 0 spiro atoms. The van der Waals surface area contributed by atoms with Crippen molar-refractivity contribution in [1.82, 2.24) is 24.9 Å². The van der Waals surface area contributed by atoms with E-state index in [4.69, 9.17) is 24.9 Å². The third-order valence-corrected chi connectivity index (χ3v) is 8.71. The first-order valence-corrected chi connectivity index (χ1v) is 15.9. The maximum absolute atomic E-state index is 5.31.